The molecule has 21 heavy (non-hydrogen) atoms. The smallest absolute Gasteiger partial charge is 0.203 e. The van der Waals surface area contributed by atoms with Gasteiger partial charge in [0.1, 0.15) is 0 Å². The summed E-state index contributed by atoms with van der Waals surface area (Å²) >= 11 is 0. The van der Waals surface area contributed by atoms with Gasteiger partial charge in [0.05, 0.1) is 0 Å². The maximum absolute atomic E-state index is 12.6. The minimum absolute atomic E-state index is 0.113. The van der Waals surface area contributed by atoms with E-state index in [0.717, 1.165) is 38.5 Å². The standard InChI is InChI=1S/C18H37O2P/c1-2-3-4-5-6-7-11-14-17-21(19,20)18-15-12-9-8-10-13-16-18/h18H,2-17H2,1H3,(H,19,20). The van der Waals surface area contributed by atoms with E-state index in [0.29, 0.717) is 6.16 Å². The summed E-state index contributed by atoms with van der Waals surface area (Å²) in [7, 11) is -2.88. The van der Waals surface area contributed by atoms with Gasteiger partial charge < -0.3 is 4.89 Å². The van der Waals surface area contributed by atoms with Crippen molar-refractivity contribution in [3.63, 3.8) is 0 Å². The van der Waals surface area contributed by atoms with Crippen molar-refractivity contribution in [2.24, 2.45) is 0 Å². The van der Waals surface area contributed by atoms with Crippen LogP contribution in [-0.4, -0.2) is 16.7 Å². The number of hydrogen-bond acceptors (Lipinski definition) is 1. The van der Waals surface area contributed by atoms with E-state index in [2.05, 4.69) is 6.92 Å². The fourth-order valence-electron chi connectivity index (χ4n) is 3.49. The Bertz CT molecular complexity index is 283. The molecule has 1 fully saturated rings. The lowest BCUT2D eigenvalue weighted by Crippen LogP contribution is -2.13. The van der Waals surface area contributed by atoms with Crippen LogP contribution < -0.4 is 0 Å². The van der Waals surface area contributed by atoms with E-state index in [1.165, 1.54) is 57.8 Å². The normalized spacial score (nSPS) is 20.7. The van der Waals surface area contributed by atoms with Crippen molar-refractivity contribution in [3.8, 4) is 0 Å². The van der Waals surface area contributed by atoms with E-state index in [1.807, 2.05) is 0 Å². The maximum Gasteiger partial charge on any atom is 0.203 e. The van der Waals surface area contributed by atoms with Crippen LogP contribution in [0.3, 0.4) is 0 Å². The van der Waals surface area contributed by atoms with Crippen LogP contribution in [0.2, 0.25) is 0 Å². The first kappa shape index (κ1) is 19.2. The van der Waals surface area contributed by atoms with Crippen LogP contribution in [-0.2, 0) is 4.57 Å². The zero-order valence-corrected chi connectivity index (χ0v) is 15.1. The quantitative estimate of drug-likeness (QED) is 0.368. The van der Waals surface area contributed by atoms with Gasteiger partial charge in [-0.1, -0.05) is 84.0 Å². The Morgan fingerprint density at radius 1 is 0.810 bits per heavy atom. The lowest BCUT2D eigenvalue weighted by atomic mass is 10.0. The zero-order valence-electron chi connectivity index (χ0n) is 14.2. The first-order valence-electron chi connectivity index (χ1n) is 9.48. The predicted molar refractivity (Wildman–Crippen MR) is 93.4 cm³/mol. The molecule has 0 aliphatic heterocycles. The highest BCUT2D eigenvalue weighted by atomic mass is 31.2. The Morgan fingerprint density at radius 3 is 1.86 bits per heavy atom. The van der Waals surface area contributed by atoms with Crippen molar-refractivity contribution < 1.29 is 9.46 Å². The number of rotatable bonds is 10. The molecule has 0 bridgehead atoms. The van der Waals surface area contributed by atoms with Crippen molar-refractivity contribution in [3.05, 3.63) is 0 Å². The van der Waals surface area contributed by atoms with Crippen molar-refractivity contribution in [1.82, 2.24) is 0 Å². The van der Waals surface area contributed by atoms with Gasteiger partial charge in [-0.2, -0.15) is 0 Å². The molecule has 0 spiro atoms. The monoisotopic (exact) mass is 316 g/mol. The highest BCUT2D eigenvalue weighted by Crippen LogP contribution is 2.51. The first-order chi connectivity index (χ1) is 10.2. The van der Waals surface area contributed by atoms with Gasteiger partial charge in [0.25, 0.3) is 0 Å². The first-order valence-corrected chi connectivity index (χ1v) is 11.4. The lowest BCUT2D eigenvalue weighted by molar-refractivity contribution is 0.425. The van der Waals surface area contributed by atoms with E-state index < -0.39 is 7.37 Å². The average Bonchev–Trinajstić information content (AvgIpc) is 2.41. The Kier molecular flexibility index (Phi) is 10.7. The van der Waals surface area contributed by atoms with Crippen molar-refractivity contribution in [1.29, 1.82) is 0 Å². The fourth-order valence-corrected chi connectivity index (χ4v) is 5.71. The molecule has 1 unspecified atom stereocenters. The summed E-state index contributed by atoms with van der Waals surface area (Å²) in [6, 6.07) is 0. The van der Waals surface area contributed by atoms with E-state index in [9.17, 15) is 9.46 Å². The van der Waals surface area contributed by atoms with Gasteiger partial charge in [0, 0.05) is 11.8 Å². The highest BCUT2D eigenvalue weighted by Gasteiger charge is 2.29. The topological polar surface area (TPSA) is 37.3 Å². The second kappa shape index (κ2) is 11.7. The van der Waals surface area contributed by atoms with Gasteiger partial charge in [-0.3, -0.25) is 4.57 Å². The maximum atomic E-state index is 12.6. The molecule has 0 aromatic rings. The molecule has 2 nitrogen and oxygen atoms in total. The van der Waals surface area contributed by atoms with Crippen molar-refractivity contribution in [2.45, 2.75) is 109 Å². The van der Waals surface area contributed by atoms with E-state index in [-0.39, 0.29) is 5.66 Å². The summed E-state index contributed by atoms with van der Waals surface area (Å²) in [5.41, 5.74) is 0.113. The molecular weight excluding hydrogens is 279 g/mol. The van der Waals surface area contributed by atoms with Crippen LogP contribution in [0.1, 0.15) is 103 Å². The van der Waals surface area contributed by atoms with Gasteiger partial charge in [-0.15, -0.1) is 0 Å². The molecule has 0 heterocycles. The zero-order chi connectivity index (χ0) is 15.4. The second-order valence-corrected chi connectivity index (χ2v) is 9.64. The van der Waals surface area contributed by atoms with Crippen molar-refractivity contribution >= 4 is 7.37 Å². The lowest BCUT2D eigenvalue weighted by Gasteiger charge is -2.25. The van der Waals surface area contributed by atoms with Gasteiger partial charge >= 0.3 is 0 Å². The SMILES string of the molecule is CCCCCCCCCCP(=O)(O)C1CCCCCCC1. The molecule has 0 aromatic carbocycles. The van der Waals surface area contributed by atoms with Crippen LogP contribution in [0, 0.1) is 0 Å². The summed E-state index contributed by atoms with van der Waals surface area (Å²) < 4.78 is 12.6. The molecule has 1 N–H and O–H groups in total. The van der Waals surface area contributed by atoms with E-state index >= 15 is 0 Å². The molecular formula is C18H37O2P. The van der Waals surface area contributed by atoms with Gasteiger partial charge in [-0.25, -0.2) is 0 Å². The van der Waals surface area contributed by atoms with E-state index in [4.69, 9.17) is 0 Å². The fraction of sp³-hybridized carbons (Fsp3) is 1.00. The summed E-state index contributed by atoms with van der Waals surface area (Å²) in [6.45, 7) is 2.24. The second-order valence-electron chi connectivity index (χ2n) is 6.95. The van der Waals surface area contributed by atoms with Crippen molar-refractivity contribution in [2.75, 3.05) is 6.16 Å². The molecule has 1 rings (SSSR count). The molecule has 1 saturated carbocycles. The molecule has 1 aliphatic carbocycles. The molecule has 3 heteroatoms. The molecule has 0 amide bonds. The molecule has 1 atom stereocenters. The third kappa shape index (κ3) is 9.04. The Balaban J connectivity index is 2.12. The van der Waals surface area contributed by atoms with Crippen LogP contribution in [0.5, 0.6) is 0 Å². The third-order valence-electron chi connectivity index (χ3n) is 4.98. The van der Waals surface area contributed by atoms with Gasteiger partial charge in [-0.05, 0) is 19.3 Å². The van der Waals surface area contributed by atoms with Gasteiger partial charge in [0.15, 0.2) is 0 Å². The van der Waals surface area contributed by atoms with Crippen LogP contribution >= 0.6 is 7.37 Å². The number of unbranched alkanes of at least 4 members (excludes halogenated alkanes) is 7. The highest BCUT2D eigenvalue weighted by molar-refractivity contribution is 7.58. The summed E-state index contributed by atoms with van der Waals surface area (Å²) in [5, 5.41) is 0. The minimum Gasteiger partial charge on any atom is -0.344 e. The third-order valence-corrected chi connectivity index (χ3v) is 7.59. The predicted octanol–water partition coefficient (Wildman–Crippen LogP) is 6.51. The van der Waals surface area contributed by atoms with Crippen LogP contribution in [0.15, 0.2) is 0 Å². The summed E-state index contributed by atoms with van der Waals surface area (Å²) in [6.07, 6.45) is 18.7. The molecule has 0 aromatic heterocycles. The van der Waals surface area contributed by atoms with Gasteiger partial charge in [0.2, 0.25) is 7.37 Å². The van der Waals surface area contributed by atoms with E-state index in [1.54, 1.807) is 0 Å². The molecule has 0 saturated heterocycles. The summed E-state index contributed by atoms with van der Waals surface area (Å²) in [5.74, 6) is 0. The number of hydrogen-bond donors (Lipinski definition) is 1. The minimum atomic E-state index is -2.88. The average molecular weight is 316 g/mol. The van der Waals surface area contributed by atoms with Crippen LogP contribution in [0.4, 0.5) is 0 Å². The Labute approximate surface area is 132 Å². The molecule has 0 radical (unpaired) electrons. The molecule has 1 aliphatic rings. The largest absolute Gasteiger partial charge is 0.344 e. The molecule has 126 valence electrons. The Hall–Kier alpha value is 0.190. The Morgan fingerprint density at radius 2 is 1.29 bits per heavy atom. The summed E-state index contributed by atoms with van der Waals surface area (Å²) in [4.78, 5) is 10.4. The van der Waals surface area contributed by atoms with Crippen LogP contribution in [0.25, 0.3) is 0 Å².